The molecule has 0 bridgehead atoms. The zero-order valence-electron chi connectivity index (χ0n) is 14.1. The van der Waals surface area contributed by atoms with E-state index in [-0.39, 0.29) is 6.04 Å². The highest BCUT2D eigenvalue weighted by Gasteiger charge is 2.24. The molecule has 4 aromatic rings. The average molecular weight is 347 g/mol. The van der Waals surface area contributed by atoms with Gasteiger partial charge in [-0.3, -0.25) is 4.90 Å². The third kappa shape index (κ3) is 2.79. The van der Waals surface area contributed by atoms with Gasteiger partial charge in [-0.05, 0) is 37.3 Å². The topological polar surface area (TPSA) is 90.2 Å². The van der Waals surface area contributed by atoms with Crippen molar-refractivity contribution >= 4 is 22.6 Å². The van der Waals surface area contributed by atoms with Crippen LogP contribution in [0.25, 0.3) is 16.6 Å². The predicted octanol–water partition coefficient (Wildman–Crippen LogP) is 3.66. The Hall–Kier alpha value is -3.61. The number of hydrogen-bond acceptors (Lipinski definition) is 4. The van der Waals surface area contributed by atoms with Gasteiger partial charge < -0.3 is 10.2 Å². The van der Waals surface area contributed by atoms with Crippen LogP contribution in [0.5, 0.6) is 0 Å². The molecular formula is C19H17N5O2. The van der Waals surface area contributed by atoms with Gasteiger partial charge in [-0.1, -0.05) is 18.2 Å². The summed E-state index contributed by atoms with van der Waals surface area (Å²) in [6, 6.07) is 14.5. The molecule has 0 radical (unpaired) electrons. The minimum atomic E-state index is -0.573. The summed E-state index contributed by atoms with van der Waals surface area (Å²) in [4.78, 5) is 17.4. The van der Waals surface area contributed by atoms with Gasteiger partial charge in [-0.25, -0.2) is 14.5 Å². The molecule has 1 unspecified atom stereocenters. The van der Waals surface area contributed by atoms with Crippen LogP contribution < -0.4 is 10.6 Å². The van der Waals surface area contributed by atoms with E-state index in [0.717, 1.165) is 16.6 Å². The van der Waals surface area contributed by atoms with Gasteiger partial charge in [0.2, 0.25) is 0 Å². The van der Waals surface area contributed by atoms with E-state index < -0.39 is 6.03 Å². The molecule has 0 fully saturated rings. The van der Waals surface area contributed by atoms with Crippen molar-refractivity contribution in [2.75, 3.05) is 4.90 Å². The summed E-state index contributed by atoms with van der Waals surface area (Å²) in [5.41, 5.74) is 7.99. The molecule has 2 aromatic heterocycles. The molecule has 7 heteroatoms. The average Bonchev–Trinajstić information content (AvgIpc) is 3.31. The van der Waals surface area contributed by atoms with Crippen LogP contribution in [0, 0.1) is 0 Å². The smallest absolute Gasteiger partial charge is 0.319 e. The van der Waals surface area contributed by atoms with Crippen molar-refractivity contribution in [2.45, 2.75) is 13.0 Å². The summed E-state index contributed by atoms with van der Waals surface area (Å²) in [5, 5.41) is 5.58. The number of nitrogens with two attached hydrogens (primary N) is 1. The molecule has 130 valence electrons. The highest BCUT2D eigenvalue weighted by Crippen LogP contribution is 2.29. The first-order chi connectivity index (χ1) is 12.6. The van der Waals surface area contributed by atoms with Gasteiger partial charge in [0.15, 0.2) is 6.39 Å². The Bertz CT molecular complexity index is 1040. The second kappa shape index (κ2) is 6.36. The monoisotopic (exact) mass is 347 g/mol. The van der Waals surface area contributed by atoms with E-state index in [1.807, 2.05) is 66.3 Å². The van der Waals surface area contributed by atoms with Crippen LogP contribution in [0.2, 0.25) is 0 Å². The number of primary amides is 1. The molecule has 0 spiro atoms. The number of fused-ring (bicyclic) bond motifs is 1. The predicted molar refractivity (Wildman–Crippen MR) is 98.1 cm³/mol. The minimum Gasteiger partial charge on any atom is -0.446 e. The Morgan fingerprint density at radius 1 is 1.23 bits per heavy atom. The first-order valence-electron chi connectivity index (χ1n) is 8.15. The molecule has 1 atom stereocenters. The second-order valence-electron chi connectivity index (χ2n) is 5.94. The summed E-state index contributed by atoms with van der Waals surface area (Å²) in [5.74, 6) is 0.554. The van der Waals surface area contributed by atoms with E-state index >= 15 is 0 Å². The lowest BCUT2D eigenvalue weighted by molar-refractivity contribution is 0.251. The quantitative estimate of drug-likeness (QED) is 0.610. The van der Waals surface area contributed by atoms with E-state index in [1.54, 1.807) is 6.20 Å². The Morgan fingerprint density at radius 2 is 2.04 bits per heavy atom. The second-order valence-corrected chi connectivity index (χ2v) is 5.94. The van der Waals surface area contributed by atoms with Crippen LogP contribution in [-0.4, -0.2) is 20.8 Å². The minimum absolute atomic E-state index is 0.386. The van der Waals surface area contributed by atoms with Crippen molar-refractivity contribution in [1.82, 2.24) is 14.8 Å². The van der Waals surface area contributed by atoms with E-state index in [2.05, 4.69) is 10.1 Å². The highest BCUT2D eigenvalue weighted by molar-refractivity contribution is 5.94. The van der Waals surface area contributed by atoms with Gasteiger partial charge in [0, 0.05) is 17.3 Å². The standard InChI is InChI=1S/C19H17N5O2/c1-13(18-10-21-12-26-18)24(19(20)25)16-8-7-14-11-23(22-17(14)9-16)15-5-3-2-4-6-15/h2-13H,1H3,(H2,20,25). The lowest BCUT2D eigenvalue weighted by atomic mass is 10.1. The number of benzene rings is 2. The fourth-order valence-electron chi connectivity index (χ4n) is 2.97. The fourth-order valence-corrected chi connectivity index (χ4v) is 2.97. The molecule has 0 aliphatic heterocycles. The molecule has 0 aliphatic rings. The van der Waals surface area contributed by atoms with Crippen LogP contribution >= 0.6 is 0 Å². The van der Waals surface area contributed by atoms with Crippen molar-refractivity contribution in [3.8, 4) is 5.69 Å². The van der Waals surface area contributed by atoms with Gasteiger partial charge in [0.05, 0.1) is 23.4 Å². The van der Waals surface area contributed by atoms with Crippen molar-refractivity contribution in [3.63, 3.8) is 0 Å². The maximum absolute atomic E-state index is 12.1. The number of aromatic nitrogens is 3. The molecule has 2 heterocycles. The first kappa shape index (κ1) is 15.9. The third-order valence-corrected chi connectivity index (χ3v) is 4.28. The molecule has 26 heavy (non-hydrogen) atoms. The SMILES string of the molecule is CC(c1cnco1)N(C(N)=O)c1ccc2cn(-c3ccccc3)nc2c1. The zero-order chi connectivity index (χ0) is 18.1. The number of para-hydroxylation sites is 1. The number of rotatable bonds is 4. The maximum Gasteiger partial charge on any atom is 0.319 e. The van der Waals surface area contributed by atoms with E-state index in [0.29, 0.717) is 11.4 Å². The number of carbonyl (C=O) groups excluding carboxylic acids is 1. The summed E-state index contributed by atoms with van der Waals surface area (Å²) in [6.45, 7) is 1.83. The largest absolute Gasteiger partial charge is 0.446 e. The Labute approximate surface area is 149 Å². The van der Waals surface area contributed by atoms with Crippen LogP contribution in [0.3, 0.4) is 0 Å². The van der Waals surface area contributed by atoms with Crippen molar-refractivity contribution in [2.24, 2.45) is 5.73 Å². The van der Waals surface area contributed by atoms with E-state index in [1.165, 1.54) is 11.3 Å². The number of anilines is 1. The molecular weight excluding hydrogens is 330 g/mol. The molecule has 2 N–H and O–H groups in total. The number of hydrogen-bond donors (Lipinski definition) is 1. The summed E-state index contributed by atoms with van der Waals surface area (Å²) in [6.07, 6.45) is 4.85. The van der Waals surface area contributed by atoms with E-state index in [4.69, 9.17) is 10.2 Å². The highest BCUT2D eigenvalue weighted by atomic mass is 16.3. The molecule has 0 saturated heterocycles. The van der Waals surface area contributed by atoms with Crippen molar-refractivity contribution in [1.29, 1.82) is 0 Å². The number of oxazole rings is 1. The summed E-state index contributed by atoms with van der Waals surface area (Å²) < 4.78 is 7.13. The van der Waals surface area contributed by atoms with Gasteiger partial charge in [0.1, 0.15) is 5.76 Å². The summed E-state index contributed by atoms with van der Waals surface area (Å²) in [7, 11) is 0. The van der Waals surface area contributed by atoms with Crippen LogP contribution in [0.4, 0.5) is 10.5 Å². The molecule has 0 aliphatic carbocycles. The number of nitrogens with zero attached hydrogens (tertiary/aromatic N) is 4. The van der Waals surface area contributed by atoms with Gasteiger partial charge >= 0.3 is 6.03 Å². The normalized spacial score (nSPS) is 12.2. The van der Waals surface area contributed by atoms with Gasteiger partial charge in [-0.2, -0.15) is 5.10 Å². The maximum atomic E-state index is 12.1. The van der Waals surface area contributed by atoms with Gasteiger partial charge in [-0.15, -0.1) is 0 Å². The Balaban J connectivity index is 1.74. The number of amides is 2. The fraction of sp³-hybridized carbons (Fsp3) is 0.105. The lowest BCUT2D eigenvalue weighted by Gasteiger charge is -2.25. The lowest BCUT2D eigenvalue weighted by Crippen LogP contribution is -2.37. The Kier molecular flexibility index (Phi) is 3.89. The van der Waals surface area contributed by atoms with Crippen LogP contribution in [-0.2, 0) is 0 Å². The van der Waals surface area contributed by atoms with Crippen LogP contribution in [0.1, 0.15) is 18.7 Å². The van der Waals surface area contributed by atoms with Gasteiger partial charge in [0.25, 0.3) is 0 Å². The molecule has 2 aromatic carbocycles. The molecule has 2 amide bonds. The number of urea groups is 1. The van der Waals surface area contributed by atoms with Crippen LogP contribution in [0.15, 0.2) is 71.7 Å². The molecule has 7 nitrogen and oxygen atoms in total. The molecule has 4 rings (SSSR count). The Morgan fingerprint density at radius 3 is 2.73 bits per heavy atom. The zero-order valence-corrected chi connectivity index (χ0v) is 14.1. The van der Waals surface area contributed by atoms with E-state index in [9.17, 15) is 4.79 Å². The summed E-state index contributed by atoms with van der Waals surface area (Å²) >= 11 is 0. The van der Waals surface area contributed by atoms with Crippen molar-refractivity contribution < 1.29 is 9.21 Å². The third-order valence-electron chi connectivity index (χ3n) is 4.28. The van der Waals surface area contributed by atoms with Crippen molar-refractivity contribution in [3.05, 3.63) is 73.1 Å². The number of carbonyl (C=O) groups is 1. The first-order valence-corrected chi connectivity index (χ1v) is 8.15. The molecule has 0 saturated carbocycles.